The molecule has 4 heteroatoms. The lowest BCUT2D eigenvalue weighted by Crippen LogP contribution is -2.05. The average Bonchev–Trinajstić information content (AvgIpc) is 2.77. The fourth-order valence-corrected chi connectivity index (χ4v) is 2.67. The Morgan fingerprint density at radius 3 is 2.65 bits per heavy atom. The van der Waals surface area contributed by atoms with Crippen LogP contribution in [-0.2, 0) is 6.54 Å². The normalized spacial score (nSPS) is 13.1. The van der Waals surface area contributed by atoms with E-state index in [-0.39, 0.29) is 5.38 Å². The first-order valence-corrected chi connectivity index (χ1v) is 7.65. The Morgan fingerprint density at radius 2 is 2.05 bits per heavy atom. The second kappa shape index (κ2) is 6.49. The molecule has 0 bridgehead atoms. The number of hydrogen-bond donors (Lipinski definition) is 0. The number of imidazole rings is 1. The number of fused-ring (bicyclic) bond motifs is 1. The third-order valence-corrected chi connectivity index (χ3v) is 3.71. The van der Waals surface area contributed by atoms with E-state index in [2.05, 4.69) is 29.5 Å². The van der Waals surface area contributed by atoms with Crippen LogP contribution in [0.4, 0.5) is 0 Å². The number of alkyl halides is 1. The van der Waals surface area contributed by atoms with Crippen LogP contribution in [-0.4, -0.2) is 16.7 Å². The molecule has 0 aliphatic carbocycles. The second-order valence-electron chi connectivity index (χ2n) is 5.60. The summed E-state index contributed by atoms with van der Waals surface area (Å²) in [6, 6.07) is 6.03. The number of rotatable bonds is 6. The Balaban J connectivity index is 2.41. The van der Waals surface area contributed by atoms with Crippen molar-refractivity contribution < 1.29 is 4.74 Å². The molecule has 0 aliphatic heterocycles. The number of aromatic nitrogens is 2. The summed E-state index contributed by atoms with van der Waals surface area (Å²) < 4.78 is 7.63. The highest BCUT2D eigenvalue weighted by atomic mass is 35.5. The molecule has 2 aromatic rings. The van der Waals surface area contributed by atoms with E-state index in [0.717, 1.165) is 41.5 Å². The summed E-state index contributed by atoms with van der Waals surface area (Å²) in [6.45, 7) is 7.42. The lowest BCUT2D eigenvalue weighted by molar-refractivity contribution is 0.419. The fourth-order valence-electron chi connectivity index (χ4n) is 2.50. The van der Waals surface area contributed by atoms with E-state index in [9.17, 15) is 0 Å². The van der Waals surface area contributed by atoms with Gasteiger partial charge in [-0.05, 0) is 37.8 Å². The molecule has 3 nitrogen and oxygen atoms in total. The third-order valence-electron chi connectivity index (χ3n) is 3.51. The molecule has 0 saturated heterocycles. The molecule has 0 fully saturated rings. The Morgan fingerprint density at radius 1 is 1.30 bits per heavy atom. The van der Waals surface area contributed by atoms with Crippen LogP contribution in [0.15, 0.2) is 18.2 Å². The number of ether oxygens (including phenoxy) is 1. The van der Waals surface area contributed by atoms with Crippen molar-refractivity contribution in [3.05, 3.63) is 24.0 Å². The van der Waals surface area contributed by atoms with Gasteiger partial charge >= 0.3 is 0 Å². The zero-order chi connectivity index (χ0) is 14.7. The molecule has 0 amide bonds. The maximum Gasteiger partial charge on any atom is 0.146 e. The van der Waals surface area contributed by atoms with Crippen LogP contribution in [0.5, 0.6) is 5.75 Å². The monoisotopic (exact) mass is 294 g/mol. The van der Waals surface area contributed by atoms with Crippen LogP contribution in [0.1, 0.15) is 44.8 Å². The number of benzene rings is 1. The molecule has 0 radical (unpaired) electrons. The first-order chi connectivity index (χ1) is 9.54. The van der Waals surface area contributed by atoms with E-state index in [0.29, 0.717) is 0 Å². The van der Waals surface area contributed by atoms with Crippen molar-refractivity contribution in [1.29, 1.82) is 0 Å². The Labute approximate surface area is 125 Å². The van der Waals surface area contributed by atoms with Crippen molar-refractivity contribution in [2.24, 2.45) is 5.92 Å². The molecule has 110 valence electrons. The minimum absolute atomic E-state index is 0.105. The van der Waals surface area contributed by atoms with Crippen molar-refractivity contribution in [3.8, 4) is 5.75 Å². The lowest BCUT2D eigenvalue weighted by Gasteiger charge is -2.11. The summed E-state index contributed by atoms with van der Waals surface area (Å²) >= 11 is 6.29. The van der Waals surface area contributed by atoms with Crippen LogP contribution in [0, 0.1) is 5.92 Å². The molecular formula is C16H23ClN2O. The van der Waals surface area contributed by atoms with Crippen LogP contribution in [0.2, 0.25) is 0 Å². The van der Waals surface area contributed by atoms with E-state index < -0.39 is 0 Å². The number of halogens is 1. The third kappa shape index (κ3) is 3.09. The maximum atomic E-state index is 6.29. The van der Waals surface area contributed by atoms with E-state index in [1.54, 1.807) is 7.11 Å². The zero-order valence-corrected chi connectivity index (χ0v) is 13.4. The van der Waals surface area contributed by atoms with Gasteiger partial charge in [0.1, 0.15) is 17.1 Å². The predicted molar refractivity (Wildman–Crippen MR) is 84.6 cm³/mol. The number of nitrogens with zero attached hydrogens (tertiary/aromatic N) is 2. The van der Waals surface area contributed by atoms with Gasteiger partial charge in [0.05, 0.1) is 18.0 Å². The Kier molecular flexibility index (Phi) is 4.92. The summed E-state index contributed by atoms with van der Waals surface area (Å²) in [6.07, 6.45) is 2.34. The number of methoxy groups -OCH3 is 1. The summed E-state index contributed by atoms with van der Waals surface area (Å²) in [5.74, 6) is 2.45. The van der Waals surface area contributed by atoms with Gasteiger partial charge in [0.2, 0.25) is 0 Å². The molecule has 1 atom stereocenters. The topological polar surface area (TPSA) is 27.1 Å². The summed E-state index contributed by atoms with van der Waals surface area (Å²) in [7, 11) is 1.68. The van der Waals surface area contributed by atoms with E-state index >= 15 is 0 Å². The van der Waals surface area contributed by atoms with Gasteiger partial charge in [-0.1, -0.05) is 19.9 Å². The van der Waals surface area contributed by atoms with Gasteiger partial charge < -0.3 is 9.30 Å². The van der Waals surface area contributed by atoms with Gasteiger partial charge in [-0.15, -0.1) is 11.6 Å². The SMILES string of the molecule is COc1cccc2c1nc(C(C)Cl)n2CCCC(C)C. The van der Waals surface area contributed by atoms with Crippen LogP contribution < -0.4 is 4.74 Å². The van der Waals surface area contributed by atoms with Crippen molar-refractivity contribution in [1.82, 2.24) is 9.55 Å². The summed E-state index contributed by atoms with van der Waals surface area (Å²) in [4.78, 5) is 4.69. The molecule has 1 aromatic carbocycles. The lowest BCUT2D eigenvalue weighted by atomic mass is 10.1. The summed E-state index contributed by atoms with van der Waals surface area (Å²) in [5.41, 5.74) is 2.01. The molecule has 2 rings (SSSR count). The molecule has 0 aliphatic rings. The average molecular weight is 295 g/mol. The van der Waals surface area contributed by atoms with Crippen LogP contribution in [0.25, 0.3) is 11.0 Å². The molecule has 0 saturated carbocycles. The molecular weight excluding hydrogens is 272 g/mol. The van der Waals surface area contributed by atoms with Gasteiger partial charge in [0.15, 0.2) is 0 Å². The smallest absolute Gasteiger partial charge is 0.146 e. The van der Waals surface area contributed by atoms with Gasteiger partial charge in [-0.2, -0.15) is 0 Å². The Hall–Kier alpha value is -1.22. The van der Waals surface area contributed by atoms with E-state index in [4.69, 9.17) is 16.3 Å². The van der Waals surface area contributed by atoms with E-state index in [1.165, 1.54) is 6.42 Å². The molecule has 1 aromatic heterocycles. The van der Waals surface area contributed by atoms with Crippen LogP contribution >= 0.6 is 11.6 Å². The van der Waals surface area contributed by atoms with Crippen LogP contribution in [0.3, 0.4) is 0 Å². The standard InChI is InChI=1S/C16H23ClN2O/c1-11(2)7-6-10-19-13-8-5-9-14(20-4)15(13)18-16(19)12(3)17/h5,8-9,11-12H,6-7,10H2,1-4H3. The molecule has 0 N–H and O–H groups in total. The minimum atomic E-state index is -0.105. The fraction of sp³-hybridized carbons (Fsp3) is 0.562. The quantitative estimate of drug-likeness (QED) is 0.717. The maximum absolute atomic E-state index is 6.29. The first kappa shape index (κ1) is 15.2. The number of hydrogen-bond acceptors (Lipinski definition) is 2. The molecule has 0 spiro atoms. The molecule has 1 heterocycles. The van der Waals surface area contributed by atoms with Crippen molar-refractivity contribution in [2.75, 3.05) is 7.11 Å². The molecule has 1 unspecified atom stereocenters. The minimum Gasteiger partial charge on any atom is -0.494 e. The van der Waals surface area contributed by atoms with Crippen molar-refractivity contribution >= 4 is 22.6 Å². The predicted octanol–water partition coefficient (Wildman–Crippen LogP) is 4.78. The van der Waals surface area contributed by atoms with Gasteiger partial charge in [0.25, 0.3) is 0 Å². The highest BCUT2D eigenvalue weighted by molar-refractivity contribution is 6.20. The van der Waals surface area contributed by atoms with Crippen molar-refractivity contribution in [2.45, 2.75) is 45.5 Å². The largest absolute Gasteiger partial charge is 0.494 e. The molecule has 20 heavy (non-hydrogen) atoms. The second-order valence-corrected chi connectivity index (χ2v) is 6.26. The van der Waals surface area contributed by atoms with E-state index in [1.807, 2.05) is 19.1 Å². The van der Waals surface area contributed by atoms with Gasteiger partial charge in [0, 0.05) is 6.54 Å². The highest BCUT2D eigenvalue weighted by Crippen LogP contribution is 2.30. The Bertz CT molecular complexity index is 575. The van der Waals surface area contributed by atoms with Gasteiger partial charge in [-0.25, -0.2) is 4.98 Å². The highest BCUT2D eigenvalue weighted by Gasteiger charge is 2.17. The first-order valence-electron chi connectivity index (χ1n) is 7.21. The van der Waals surface area contributed by atoms with Crippen molar-refractivity contribution in [3.63, 3.8) is 0 Å². The van der Waals surface area contributed by atoms with Gasteiger partial charge in [-0.3, -0.25) is 0 Å². The summed E-state index contributed by atoms with van der Waals surface area (Å²) in [5, 5.41) is -0.105. The number of aryl methyl sites for hydroxylation is 1. The number of para-hydroxylation sites is 1. The zero-order valence-electron chi connectivity index (χ0n) is 12.7.